The van der Waals surface area contributed by atoms with Crippen LogP contribution in [-0.2, 0) is 4.74 Å². The van der Waals surface area contributed by atoms with Crippen LogP contribution in [0.25, 0.3) is 0 Å². The lowest BCUT2D eigenvalue weighted by Crippen LogP contribution is -2.27. The van der Waals surface area contributed by atoms with Crippen molar-refractivity contribution >= 4 is 11.4 Å². The zero-order valence-electron chi connectivity index (χ0n) is 11.6. The van der Waals surface area contributed by atoms with Gasteiger partial charge in [-0.05, 0) is 44.2 Å². The molecule has 1 saturated carbocycles. The second kappa shape index (κ2) is 5.57. The van der Waals surface area contributed by atoms with E-state index < -0.39 is 0 Å². The fourth-order valence-electron chi connectivity index (χ4n) is 2.37. The highest BCUT2D eigenvalue weighted by Crippen LogP contribution is 2.35. The van der Waals surface area contributed by atoms with Crippen LogP contribution in [0.3, 0.4) is 0 Å². The van der Waals surface area contributed by atoms with E-state index in [1.54, 1.807) is 20.1 Å². The molecule has 104 valence electrons. The average molecular weight is 264 g/mol. The summed E-state index contributed by atoms with van der Waals surface area (Å²) in [6, 6.07) is 3.73. The molecule has 5 heteroatoms. The summed E-state index contributed by atoms with van der Waals surface area (Å²) in [5.41, 5.74) is 2.74. The third-order valence-corrected chi connectivity index (χ3v) is 3.62. The average Bonchev–Trinajstić information content (AvgIpc) is 3.15. The topological polar surface area (TPSA) is 64.4 Å². The van der Waals surface area contributed by atoms with Crippen LogP contribution in [0.4, 0.5) is 11.4 Å². The van der Waals surface area contributed by atoms with Crippen molar-refractivity contribution in [2.24, 2.45) is 5.92 Å². The lowest BCUT2D eigenvalue weighted by atomic mass is 10.1. The first kappa shape index (κ1) is 13.8. The van der Waals surface area contributed by atoms with Gasteiger partial charge in [0.25, 0.3) is 5.69 Å². The van der Waals surface area contributed by atoms with Crippen molar-refractivity contribution in [2.45, 2.75) is 32.7 Å². The Kier molecular flexibility index (Phi) is 4.04. The largest absolute Gasteiger partial charge is 0.383 e. The van der Waals surface area contributed by atoms with E-state index in [0.29, 0.717) is 18.1 Å². The fourth-order valence-corrected chi connectivity index (χ4v) is 2.37. The predicted molar refractivity (Wildman–Crippen MR) is 74.6 cm³/mol. The molecular weight excluding hydrogens is 244 g/mol. The first-order valence-electron chi connectivity index (χ1n) is 6.54. The molecule has 0 radical (unpaired) electrons. The van der Waals surface area contributed by atoms with Crippen LogP contribution < -0.4 is 5.32 Å². The highest BCUT2D eigenvalue weighted by Gasteiger charge is 2.31. The summed E-state index contributed by atoms with van der Waals surface area (Å²) < 4.78 is 5.22. The zero-order chi connectivity index (χ0) is 14.0. The third-order valence-electron chi connectivity index (χ3n) is 3.62. The summed E-state index contributed by atoms with van der Waals surface area (Å²) in [6.45, 7) is 4.37. The Balaban J connectivity index is 2.23. The van der Waals surface area contributed by atoms with Gasteiger partial charge in [-0.25, -0.2) is 0 Å². The van der Waals surface area contributed by atoms with Gasteiger partial charge in [-0.15, -0.1) is 0 Å². The second-order valence-electron chi connectivity index (χ2n) is 5.25. The maximum absolute atomic E-state index is 11.0. The Morgan fingerprint density at radius 3 is 2.63 bits per heavy atom. The van der Waals surface area contributed by atoms with Crippen LogP contribution >= 0.6 is 0 Å². The molecule has 0 spiro atoms. The molecule has 2 rings (SSSR count). The first-order chi connectivity index (χ1) is 9.02. The molecule has 0 saturated heterocycles. The Morgan fingerprint density at radius 1 is 1.42 bits per heavy atom. The number of methoxy groups -OCH3 is 1. The summed E-state index contributed by atoms with van der Waals surface area (Å²) in [6.07, 6.45) is 2.40. The van der Waals surface area contributed by atoms with E-state index in [1.165, 1.54) is 12.8 Å². The van der Waals surface area contributed by atoms with E-state index in [1.807, 2.05) is 13.0 Å². The molecule has 1 aromatic rings. The van der Waals surface area contributed by atoms with E-state index in [4.69, 9.17) is 4.74 Å². The number of nitro groups is 1. The van der Waals surface area contributed by atoms with Gasteiger partial charge in [0.1, 0.15) is 0 Å². The van der Waals surface area contributed by atoms with Gasteiger partial charge >= 0.3 is 0 Å². The van der Waals surface area contributed by atoms with Crippen LogP contribution in [0.15, 0.2) is 12.1 Å². The number of anilines is 1. The van der Waals surface area contributed by atoms with E-state index in [-0.39, 0.29) is 16.7 Å². The van der Waals surface area contributed by atoms with Crippen LogP contribution in [0, 0.1) is 29.9 Å². The monoisotopic (exact) mass is 264 g/mol. The van der Waals surface area contributed by atoms with Gasteiger partial charge in [0.15, 0.2) is 0 Å². The van der Waals surface area contributed by atoms with Gasteiger partial charge in [0.2, 0.25) is 0 Å². The van der Waals surface area contributed by atoms with Gasteiger partial charge in [-0.3, -0.25) is 10.1 Å². The number of rotatable bonds is 6. The van der Waals surface area contributed by atoms with Gasteiger partial charge in [-0.2, -0.15) is 0 Å². The number of aryl methyl sites for hydroxylation is 2. The highest BCUT2D eigenvalue weighted by molar-refractivity contribution is 5.60. The quantitative estimate of drug-likeness (QED) is 0.633. The van der Waals surface area contributed by atoms with Crippen LogP contribution in [0.2, 0.25) is 0 Å². The zero-order valence-corrected chi connectivity index (χ0v) is 11.6. The lowest BCUT2D eigenvalue weighted by Gasteiger charge is -2.20. The molecule has 0 aliphatic heterocycles. The summed E-state index contributed by atoms with van der Waals surface area (Å²) in [7, 11) is 1.68. The molecule has 5 nitrogen and oxygen atoms in total. The Morgan fingerprint density at radius 2 is 2.11 bits per heavy atom. The Bertz CT molecular complexity index is 484. The maximum Gasteiger partial charge on any atom is 0.274 e. The number of benzene rings is 1. The van der Waals surface area contributed by atoms with Crippen molar-refractivity contribution in [3.63, 3.8) is 0 Å². The summed E-state index contributed by atoms with van der Waals surface area (Å²) in [5.74, 6) is 0.625. The van der Waals surface area contributed by atoms with Gasteiger partial charge in [-0.1, -0.05) is 0 Å². The molecule has 1 fully saturated rings. The molecule has 1 unspecified atom stereocenters. The highest BCUT2D eigenvalue weighted by atomic mass is 16.6. The van der Waals surface area contributed by atoms with Crippen LogP contribution in [0.5, 0.6) is 0 Å². The van der Waals surface area contributed by atoms with Gasteiger partial charge in [0.05, 0.1) is 17.6 Å². The van der Waals surface area contributed by atoms with Crippen molar-refractivity contribution in [3.05, 3.63) is 33.4 Å². The molecule has 1 aliphatic rings. The van der Waals surface area contributed by atoms with Crippen molar-refractivity contribution < 1.29 is 9.66 Å². The molecule has 19 heavy (non-hydrogen) atoms. The van der Waals surface area contributed by atoms with Crippen molar-refractivity contribution in [1.82, 2.24) is 0 Å². The lowest BCUT2D eigenvalue weighted by molar-refractivity contribution is -0.385. The molecule has 0 bridgehead atoms. The Hall–Kier alpha value is -1.62. The standard InChI is InChI=1S/C14H20N2O3/c1-9-6-10(2)14(16(17)18)7-12(9)15-13(8-19-3)11-4-5-11/h6-7,11,13,15H,4-5,8H2,1-3H3. The minimum atomic E-state index is -0.331. The summed E-state index contributed by atoms with van der Waals surface area (Å²) in [5, 5.41) is 14.4. The molecule has 1 atom stereocenters. The molecule has 0 amide bonds. The predicted octanol–water partition coefficient (Wildman–Crippen LogP) is 3.05. The minimum Gasteiger partial charge on any atom is -0.383 e. The second-order valence-corrected chi connectivity index (χ2v) is 5.25. The molecule has 1 aliphatic carbocycles. The number of nitrogens with one attached hydrogen (secondary N) is 1. The number of nitrogens with zero attached hydrogens (tertiary/aromatic N) is 1. The van der Waals surface area contributed by atoms with E-state index in [0.717, 1.165) is 11.3 Å². The van der Waals surface area contributed by atoms with E-state index >= 15 is 0 Å². The minimum absolute atomic E-state index is 0.167. The van der Waals surface area contributed by atoms with Crippen LogP contribution in [-0.4, -0.2) is 24.7 Å². The van der Waals surface area contributed by atoms with Crippen molar-refractivity contribution in [2.75, 3.05) is 19.0 Å². The van der Waals surface area contributed by atoms with Crippen molar-refractivity contribution in [1.29, 1.82) is 0 Å². The van der Waals surface area contributed by atoms with E-state index in [2.05, 4.69) is 5.32 Å². The Labute approximate surface area is 113 Å². The summed E-state index contributed by atoms with van der Waals surface area (Å²) >= 11 is 0. The van der Waals surface area contributed by atoms with E-state index in [9.17, 15) is 10.1 Å². The molecule has 1 N–H and O–H groups in total. The molecule has 0 aromatic heterocycles. The van der Waals surface area contributed by atoms with Crippen molar-refractivity contribution in [3.8, 4) is 0 Å². The van der Waals surface area contributed by atoms with Gasteiger partial charge < -0.3 is 10.1 Å². The fraction of sp³-hybridized carbons (Fsp3) is 0.571. The number of hydrogen-bond donors (Lipinski definition) is 1. The first-order valence-corrected chi connectivity index (χ1v) is 6.54. The number of ether oxygens (including phenoxy) is 1. The smallest absolute Gasteiger partial charge is 0.274 e. The SMILES string of the molecule is COCC(Nc1cc([N+](=O)[O-])c(C)cc1C)C1CC1. The number of nitro benzene ring substituents is 1. The molecule has 0 heterocycles. The molecular formula is C14H20N2O3. The maximum atomic E-state index is 11.0. The summed E-state index contributed by atoms with van der Waals surface area (Å²) in [4.78, 5) is 10.7. The van der Waals surface area contributed by atoms with Crippen LogP contribution in [0.1, 0.15) is 24.0 Å². The third kappa shape index (κ3) is 3.23. The molecule has 1 aromatic carbocycles. The number of hydrogen-bond acceptors (Lipinski definition) is 4. The normalized spacial score (nSPS) is 16.2. The van der Waals surface area contributed by atoms with Gasteiger partial charge in [0, 0.05) is 24.4 Å².